The molecule has 0 radical (unpaired) electrons. The van der Waals surface area contributed by atoms with E-state index in [-0.39, 0.29) is 17.7 Å². The van der Waals surface area contributed by atoms with Crippen molar-refractivity contribution in [2.45, 2.75) is 12.8 Å². The summed E-state index contributed by atoms with van der Waals surface area (Å²) in [5, 5.41) is 15.1. The molecule has 2 aromatic carbocycles. The van der Waals surface area contributed by atoms with Gasteiger partial charge in [0.1, 0.15) is 11.0 Å². The average Bonchev–Trinajstić information content (AvgIpc) is 3.59. The first-order valence-corrected chi connectivity index (χ1v) is 10.9. The fourth-order valence-corrected chi connectivity index (χ4v) is 4.11. The second kappa shape index (κ2) is 7.70. The van der Waals surface area contributed by atoms with Gasteiger partial charge in [0.25, 0.3) is 5.91 Å². The molecule has 0 bridgehead atoms. The van der Waals surface area contributed by atoms with Crippen molar-refractivity contribution >= 4 is 40.0 Å². The van der Waals surface area contributed by atoms with Gasteiger partial charge in [0.2, 0.25) is 11.6 Å². The van der Waals surface area contributed by atoms with Crippen molar-refractivity contribution in [2.75, 3.05) is 31.5 Å². The minimum Gasteiger partial charge on any atom is -0.339 e. The molecule has 1 aliphatic heterocycles. The van der Waals surface area contributed by atoms with Gasteiger partial charge in [0.15, 0.2) is 5.82 Å². The Hall–Kier alpha value is -4.26. The molecule has 1 N–H and O–H groups in total. The standard InChI is InChI=1S/C23H20N8O2/c32-22(15-5-6-15)29-11-13-30(14-12-29)23(33)16-7-9-17(10-8-16)24-20-21-26-27-28-31(21)19-4-2-1-3-18(19)25-20/h3-4,7-10,15H,5-6,11-14H2,(H,24,25). The van der Waals surface area contributed by atoms with Gasteiger partial charge >= 0.3 is 0 Å². The molecule has 0 unspecified atom stereocenters. The quantitative estimate of drug-likeness (QED) is 0.515. The molecule has 2 fully saturated rings. The smallest absolute Gasteiger partial charge is 0.253 e. The number of hydrogen-bond donors (Lipinski definition) is 1. The van der Waals surface area contributed by atoms with Crippen molar-refractivity contribution in [3.8, 4) is 0 Å². The van der Waals surface area contributed by atoms with Crippen molar-refractivity contribution in [2.24, 2.45) is 5.92 Å². The Labute approximate surface area is 189 Å². The van der Waals surface area contributed by atoms with Crippen LogP contribution in [-0.4, -0.2) is 72.8 Å². The number of nitrogens with one attached hydrogen (secondary N) is 1. The van der Waals surface area contributed by atoms with Crippen LogP contribution in [0.5, 0.6) is 0 Å². The predicted octanol–water partition coefficient (Wildman–Crippen LogP) is 1.71. The summed E-state index contributed by atoms with van der Waals surface area (Å²) in [6.07, 6.45) is 2.01. The molecule has 2 amide bonds. The summed E-state index contributed by atoms with van der Waals surface area (Å²) in [6.45, 7) is 2.33. The van der Waals surface area contributed by atoms with Crippen molar-refractivity contribution in [3.63, 3.8) is 0 Å². The molecule has 1 saturated heterocycles. The van der Waals surface area contributed by atoms with Crippen LogP contribution in [0.25, 0.3) is 16.7 Å². The minimum absolute atomic E-state index is 0.0280. The summed E-state index contributed by atoms with van der Waals surface area (Å²) < 4.78 is 1.60. The fourth-order valence-electron chi connectivity index (χ4n) is 4.11. The van der Waals surface area contributed by atoms with Crippen molar-refractivity contribution in [3.05, 3.63) is 54.1 Å². The highest BCUT2D eigenvalue weighted by molar-refractivity contribution is 5.95. The molecule has 10 heteroatoms. The summed E-state index contributed by atoms with van der Waals surface area (Å²) in [5.41, 5.74) is 3.27. The number of benzene rings is 1. The van der Waals surface area contributed by atoms with Crippen LogP contribution in [0.15, 0.2) is 36.4 Å². The number of hydrogen-bond acceptors (Lipinski definition) is 7. The van der Waals surface area contributed by atoms with E-state index >= 15 is 0 Å². The van der Waals surface area contributed by atoms with Crippen LogP contribution in [0.2, 0.25) is 0 Å². The van der Waals surface area contributed by atoms with E-state index in [9.17, 15) is 9.59 Å². The number of tetrazole rings is 1. The lowest BCUT2D eigenvalue weighted by molar-refractivity contribution is -0.134. The Balaban J connectivity index is 1.16. The van der Waals surface area contributed by atoms with E-state index in [0.29, 0.717) is 48.7 Å². The van der Waals surface area contributed by atoms with E-state index in [2.05, 4.69) is 38.0 Å². The number of carbonyl (C=O) groups excluding carboxylic acids is 2. The fraction of sp³-hybridized carbons (Fsp3) is 0.304. The van der Waals surface area contributed by atoms with Gasteiger partial charge in [-0.1, -0.05) is 12.1 Å². The van der Waals surface area contributed by atoms with Crippen LogP contribution < -0.4 is 5.32 Å². The Bertz CT molecular complexity index is 1350. The van der Waals surface area contributed by atoms with E-state index in [1.54, 1.807) is 28.8 Å². The maximum absolute atomic E-state index is 12.9. The first-order valence-electron chi connectivity index (χ1n) is 10.9. The molecule has 0 spiro atoms. The summed E-state index contributed by atoms with van der Waals surface area (Å²) >= 11 is 0. The zero-order chi connectivity index (χ0) is 22.4. The van der Waals surface area contributed by atoms with Crippen molar-refractivity contribution in [1.29, 1.82) is 0 Å². The molecule has 164 valence electrons. The third-order valence-corrected chi connectivity index (χ3v) is 6.11. The van der Waals surface area contributed by atoms with Gasteiger partial charge in [-0.3, -0.25) is 9.59 Å². The summed E-state index contributed by atoms with van der Waals surface area (Å²) in [4.78, 5) is 33.5. The molecule has 2 aromatic heterocycles. The Morgan fingerprint density at radius 2 is 1.70 bits per heavy atom. The van der Waals surface area contributed by atoms with E-state index < -0.39 is 0 Å². The third kappa shape index (κ3) is 3.57. The van der Waals surface area contributed by atoms with E-state index in [1.807, 2.05) is 21.9 Å². The third-order valence-electron chi connectivity index (χ3n) is 6.11. The number of anilines is 2. The van der Waals surface area contributed by atoms with Crippen LogP contribution >= 0.6 is 0 Å². The highest BCUT2D eigenvalue weighted by atomic mass is 16.2. The van der Waals surface area contributed by atoms with Crippen molar-refractivity contribution < 1.29 is 9.59 Å². The molecule has 0 atom stereocenters. The maximum Gasteiger partial charge on any atom is 0.253 e. The second-order valence-corrected chi connectivity index (χ2v) is 8.32. The molecule has 1 aliphatic carbocycles. The van der Waals surface area contributed by atoms with E-state index in [1.165, 1.54) is 0 Å². The first kappa shape index (κ1) is 19.4. The largest absolute Gasteiger partial charge is 0.339 e. The number of nitrogens with zero attached hydrogens (tertiary/aromatic N) is 7. The lowest BCUT2D eigenvalue weighted by Crippen LogP contribution is -2.51. The maximum atomic E-state index is 12.9. The summed E-state index contributed by atoms with van der Waals surface area (Å²) in [7, 11) is 0. The Morgan fingerprint density at radius 3 is 2.45 bits per heavy atom. The van der Waals surface area contributed by atoms with Crippen LogP contribution in [0.3, 0.4) is 0 Å². The number of amides is 2. The van der Waals surface area contributed by atoms with Gasteiger partial charge in [-0.25, -0.2) is 4.98 Å². The molecule has 4 aromatic rings. The monoisotopic (exact) mass is 440 g/mol. The lowest BCUT2D eigenvalue weighted by atomic mass is 10.1. The normalized spacial score (nSPS) is 16.1. The molecule has 1 saturated carbocycles. The summed E-state index contributed by atoms with van der Waals surface area (Å²) in [5.74, 6) is 0.936. The number of carbonyl (C=O) groups is 2. The number of piperazine rings is 1. The van der Waals surface area contributed by atoms with Gasteiger partial charge in [0, 0.05) is 55.5 Å². The van der Waals surface area contributed by atoms with Crippen LogP contribution in [-0.2, 0) is 4.79 Å². The first-order chi connectivity index (χ1) is 16.2. The Kier molecular flexibility index (Phi) is 4.54. The molecular weight excluding hydrogens is 420 g/mol. The summed E-state index contributed by atoms with van der Waals surface area (Å²) in [6, 6.07) is 16.5. The lowest BCUT2D eigenvalue weighted by Gasteiger charge is -2.35. The highest BCUT2D eigenvalue weighted by Crippen LogP contribution is 2.31. The average molecular weight is 440 g/mol. The minimum atomic E-state index is -0.0280. The van der Waals surface area contributed by atoms with E-state index in [0.717, 1.165) is 24.0 Å². The van der Waals surface area contributed by atoms with Crippen LogP contribution in [0, 0.1) is 18.1 Å². The van der Waals surface area contributed by atoms with Crippen molar-refractivity contribution in [1.82, 2.24) is 34.8 Å². The van der Waals surface area contributed by atoms with Crippen LogP contribution in [0.4, 0.5) is 11.5 Å². The van der Waals surface area contributed by atoms with Gasteiger partial charge in [-0.05, 0) is 47.5 Å². The predicted molar refractivity (Wildman–Crippen MR) is 119 cm³/mol. The number of fused-ring (bicyclic) bond motifs is 3. The zero-order valence-electron chi connectivity index (χ0n) is 17.7. The molecule has 6 rings (SSSR count). The molecule has 33 heavy (non-hydrogen) atoms. The molecule has 3 heterocycles. The van der Waals surface area contributed by atoms with Crippen LogP contribution in [0.1, 0.15) is 23.2 Å². The van der Waals surface area contributed by atoms with Gasteiger partial charge in [0.05, 0.1) is 0 Å². The van der Waals surface area contributed by atoms with E-state index in [4.69, 9.17) is 0 Å². The SMILES string of the molecule is O=C(c1ccc(Nc2nc3cc#ccc3n3nnnc23)cc1)N1CCN(C(=O)C2CC2)CC1. The zero-order valence-corrected chi connectivity index (χ0v) is 17.7. The molecule has 10 nitrogen and oxygen atoms in total. The highest BCUT2D eigenvalue weighted by Gasteiger charge is 2.35. The molecule has 2 aliphatic rings. The van der Waals surface area contributed by atoms with Gasteiger partial charge in [-0.2, -0.15) is 4.52 Å². The number of aromatic nitrogens is 5. The second-order valence-electron chi connectivity index (χ2n) is 8.32. The Morgan fingerprint density at radius 1 is 0.970 bits per heavy atom. The number of rotatable bonds is 4. The molecular formula is C23H20N8O2. The van der Waals surface area contributed by atoms with Gasteiger partial charge in [-0.15, -0.1) is 5.10 Å². The van der Waals surface area contributed by atoms with Gasteiger partial charge < -0.3 is 15.1 Å². The topological polar surface area (TPSA) is 109 Å².